The molecule has 3 aromatic carbocycles. The molecule has 0 saturated heterocycles. The third-order valence-corrected chi connectivity index (χ3v) is 17.2. The molecule has 2 aliphatic carbocycles. The fraction of sp³-hybridized carbons (Fsp3) is 0.417. The number of nitrogens with one attached hydrogen (secondary N) is 4. The van der Waals surface area contributed by atoms with E-state index in [1.807, 2.05) is 30.4 Å². The molecule has 18 nitrogen and oxygen atoms in total. The molecular formula is C60H70ClN10O8S+. The third kappa shape index (κ3) is 11.4. The predicted molar refractivity (Wildman–Crippen MR) is 308 cm³/mol. The number of carbonyl (C=O) groups excluding carboxylic acids is 3. The highest BCUT2D eigenvalue weighted by molar-refractivity contribution is 7.85. The first-order valence-corrected chi connectivity index (χ1v) is 29.1. The van der Waals surface area contributed by atoms with Crippen LogP contribution in [0.5, 0.6) is 0 Å². The molecule has 0 spiro atoms. The Bertz CT molecular complexity index is 3540. The van der Waals surface area contributed by atoms with Crippen LogP contribution in [0.1, 0.15) is 108 Å². The normalized spacial score (nSPS) is 21.9. The smallest absolute Gasteiger partial charge is 0.294 e. The van der Waals surface area contributed by atoms with Crippen molar-refractivity contribution < 1.29 is 42.1 Å². The molecule has 0 unspecified atom stereocenters. The summed E-state index contributed by atoms with van der Waals surface area (Å²) in [5, 5.41) is 34.5. The highest BCUT2D eigenvalue weighted by Gasteiger charge is 2.75. The lowest BCUT2D eigenvalue weighted by Crippen LogP contribution is -2.41. The number of aliphatic hydroxyl groups excluding tert-OH is 2. The maximum absolute atomic E-state index is 12.9. The molecule has 2 saturated carbocycles. The number of unbranched alkanes of at least 4 members (excludes halogenated alkanes) is 2. The van der Waals surface area contributed by atoms with Gasteiger partial charge in [-0.25, -0.2) is 15.0 Å². The van der Waals surface area contributed by atoms with E-state index < -0.39 is 39.2 Å². The largest absolute Gasteiger partial charge is 0.389 e. The quantitative estimate of drug-likeness (QED) is 0.0127. The average Bonchev–Trinajstić information content (AvgIpc) is 4.01. The van der Waals surface area contributed by atoms with Crippen LogP contribution < -0.4 is 26.2 Å². The zero-order chi connectivity index (χ0) is 57.1. The second kappa shape index (κ2) is 23.5. The number of aliphatic hydroxyl groups is 2. The van der Waals surface area contributed by atoms with E-state index in [1.54, 1.807) is 22.8 Å². The maximum Gasteiger partial charge on any atom is 0.294 e. The number of hydrogen-bond donors (Lipinski definition) is 7. The molecule has 2 aromatic heterocycles. The Hall–Kier alpha value is -7.21. The van der Waals surface area contributed by atoms with Crippen LogP contribution in [-0.4, -0.2) is 116 Å². The lowest BCUT2D eigenvalue weighted by atomic mass is 9.81. The lowest BCUT2D eigenvalue weighted by molar-refractivity contribution is -0.438. The molecule has 5 atom stereocenters. The molecule has 4 heterocycles. The SMILES string of the molecule is CCN1\C(=C/C=C/C=C/C2=[N+](CCCCCC(=O)NCCNC(=O)CCC#Cc3nc(NCc4cccc(Cl)c4)c4ncn([C@H]5[C@H](O)[C@H](O)[C@@]6(C(=O)NC)C[C@H]56)c4n3)c3ccccc3C2(C)C)C(C)(C)c2cc(S(=O)(=O)O)ccc21. The summed E-state index contributed by atoms with van der Waals surface area (Å²) in [5.41, 5.74) is 6.25. The zero-order valence-electron chi connectivity index (χ0n) is 46.0. The van der Waals surface area contributed by atoms with Crippen molar-refractivity contribution in [3.8, 4) is 11.8 Å². The maximum atomic E-state index is 12.9. The van der Waals surface area contributed by atoms with Gasteiger partial charge >= 0.3 is 0 Å². The van der Waals surface area contributed by atoms with E-state index in [1.165, 1.54) is 36.4 Å². The second-order valence-electron chi connectivity index (χ2n) is 21.9. The van der Waals surface area contributed by atoms with Crippen LogP contribution in [0.25, 0.3) is 11.2 Å². The van der Waals surface area contributed by atoms with Gasteiger partial charge in [-0.1, -0.05) is 79.9 Å². The standard InChI is InChI=1S/C60H69ClN10O8S/c1-7-69-45-29-28-40(80(77,78)79)34-42(45)59(4,5)46(69)23-10-8-11-24-47-58(2,3)41-21-13-14-22-44(41)70(47)32-17-9-12-26-49(72)63-30-31-64-50(73)27-16-15-25-48-67-55(65-36-38-19-18-20-39(61)33-38)51-56(68-48)71(37-66-51)52-43-35-60(43,57(76)62-6)54(75)53(52)74/h8,10-11,13-14,18-24,28-29,33-34,37,43,52-54,74-75H,7,9,12,16-17,26-27,30-32,35-36H2,1-6H3,(H4-,62,63,64,65,67,68,72,73,76,77,78,79)/p+1/t43-,52-,53+,54+,60-/m1/s1. The third-order valence-electron chi connectivity index (χ3n) is 16.2. The van der Waals surface area contributed by atoms with Crippen molar-refractivity contribution in [3.05, 3.63) is 137 Å². The van der Waals surface area contributed by atoms with E-state index in [4.69, 9.17) is 16.6 Å². The summed E-state index contributed by atoms with van der Waals surface area (Å²) in [4.78, 5) is 54.5. The number of amides is 3. The van der Waals surface area contributed by atoms with Gasteiger partial charge in [0.25, 0.3) is 10.1 Å². The monoisotopic (exact) mass is 1130 g/mol. The van der Waals surface area contributed by atoms with Crippen molar-refractivity contribution in [2.45, 2.75) is 120 Å². The van der Waals surface area contributed by atoms with Gasteiger partial charge in [0.2, 0.25) is 29.2 Å². The number of para-hydroxylation sites is 1. The lowest BCUT2D eigenvalue weighted by Gasteiger charge is -2.25. The molecule has 9 rings (SSSR count). The van der Waals surface area contributed by atoms with E-state index in [0.717, 1.165) is 41.9 Å². The number of fused-ring (bicyclic) bond motifs is 4. The van der Waals surface area contributed by atoms with Crippen molar-refractivity contribution in [1.82, 2.24) is 35.5 Å². The van der Waals surface area contributed by atoms with Gasteiger partial charge in [0.05, 0.1) is 34.2 Å². The van der Waals surface area contributed by atoms with Gasteiger partial charge in [-0.15, -0.1) is 0 Å². The van der Waals surface area contributed by atoms with Gasteiger partial charge in [0.15, 0.2) is 22.7 Å². The number of halogens is 1. The molecule has 0 bridgehead atoms. The highest BCUT2D eigenvalue weighted by atomic mass is 35.5. The van der Waals surface area contributed by atoms with Gasteiger partial charge in [-0.3, -0.25) is 18.9 Å². The van der Waals surface area contributed by atoms with Crippen LogP contribution in [0.4, 0.5) is 17.2 Å². The molecule has 20 heteroatoms. The Balaban J connectivity index is 0.744. The Morgan fingerprint density at radius 3 is 2.40 bits per heavy atom. The van der Waals surface area contributed by atoms with Crippen molar-refractivity contribution in [2.24, 2.45) is 11.3 Å². The molecule has 0 radical (unpaired) electrons. The number of hydrogen-bond acceptors (Lipinski definition) is 12. The molecular weight excluding hydrogens is 1060 g/mol. The van der Waals surface area contributed by atoms with Crippen LogP contribution in [0.15, 0.2) is 114 Å². The highest BCUT2D eigenvalue weighted by Crippen LogP contribution is 2.68. The summed E-state index contributed by atoms with van der Waals surface area (Å²) in [6.07, 6.45) is 12.9. The first-order valence-electron chi connectivity index (χ1n) is 27.2. The Morgan fingerprint density at radius 2 is 1.66 bits per heavy atom. The summed E-state index contributed by atoms with van der Waals surface area (Å²) in [6, 6.07) is 19.9. The summed E-state index contributed by atoms with van der Waals surface area (Å²) >= 11 is 6.24. The zero-order valence-corrected chi connectivity index (χ0v) is 47.5. The van der Waals surface area contributed by atoms with Crippen molar-refractivity contribution in [2.75, 3.05) is 43.4 Å². The first-order chi connectivity index (χ1) is 38.2. The van der Waals surface area contributed by atoms with Crippen molar-refractivity contribution >= 4 is 73.5 Å². The summed E-state index contributed by atoms with van der Waals surface area (Å²) in [5.74, 6) is 5.57. The predicted octanol–water partition coefficient (Wildman–Crippen LogP) is 7.18. The fourth-order valence-electron chi connectivity index (χ4n) is 12.0. The Morgan fingerprint density at radius 1 is 0.900 bits per heavy atom. The number of aromatic nitrogens is 4. The number of carbonyl (C=O) groups is 3. The van der Waals surface area contributed by atoms with Crippen LogP contribution in [0.3, 0.4) is 0 Å². The number of nitrogens with zero attached hydrogens (tertiary/aromatic N) is 6. The summed E-state index contributed by atoms with van der Waals surface area (Å²) in [7, 11) is -2.83. The van der Waals surface area contributed by atoms with E-state index in [-0.39, 0.29) is 65.7 Å². The van der Waals surface area contributed by atoms with Gasteiger partial charge in [-0.05, 0) is 93.5 Å². The van der Waals surface area contributed by atoms with Crippen LogP contribution in [0.2, 0.25) is 5.02 Å². The first kappa shape index (κ1) is 57.5. The minimum Gasteiger partial charge on any atom is -0.389 e. The molecule has 80 heavy (non-hydrogen) atoms. The average molecular weight is 1130 g/mol. The summed E-state index contributed by atoms with van der Waals surface area (Å²) < 4.78 is 37.7. The van der Waals surface area contributed by atoms with E-state index in [9.17, 15) is 37.6 Å². The molecule has 2 fully saturated rings. The minimum atomic E-state index is -4.34. The van der Waals surface area contributed by atoms with Crippen molar-refractivity contribution in [1.29, 1.82) is 0 Å². The molecule has 7 N–H and O–H groups in total. The number of imidazole rings is 1. The number of benzene rings is 3. The van der Waals surface area contributed by atoms with Gasteiger partial charge < -0.3 is 40.9 Å². The molecule has 5 aromatic rings. The van der Waals surface area contributed by atoms with Gasteiger partial charge in [0, 0.05) is 104 Å². The van der Waals surface area contributed by atoms with Crippen molar-refractivity contribution in [3.63, 3.8) is 0 Å². The minimum absolute atomic E-state index is 0.0780. The van der Waals surface area contributed by atoms with Crippen LogP contribution >= 0.6 is 11.6 Å². The molecule has 420 valence electrons. The number of anilines is 2. The number of likely N-dealkylation sites (N-methyl/N-ethyl adjacent to an activating group) is 1. The van der Waals surface area contributed by atoms with E-state index >= 15 is 0 Å². The number of rotatable bonds is 21. The summed E-state index contributed by atoms with van der Waals surface area (Å²) in [6.45, 7) is 13.0. The Kier molecular flexibility index (Phi) is 16.9. The fourth-order valence-corrected chi connectivity index (χ4v) is 12.7. The molecule has 4 aliphatic rings. The van der Waals surface area contributed by atoms with E-state index in [2.05, 4.69) is 130 Å². The van der Waals surface area contributed by atoms with Crippen LogP contribution in [-0.2, 0) is 41.9 Å². The van der Waals surface area contributed by atoms with E-state index in [0.29, 0.717) is 54.4 Å². The Labute approximate surface area is 472 Å². The van der Waals surface area contributed by atoms with Crippen LogP contribution in [0, 0.1) is 23.2 Å². The van der Waals surface area contributed by atoms with Gasteiger partial charge in [0.1, 0.15) is 12.6 Å². The van der Waals surface area contributed by atoms with Gasteiger partial charge in [-0.2, -0.15) is 13.0 Å². The number of allylic oxidation sites excluding steroid dienone is 6. The molecule has 3 amide bonds. The molecule has 2 aliphatic heterocycles. The topological polar surface area (TPSA) is 244 Å². The second-order valence-corrected chi connectivity index (χ2v) is 23.7.